The molecule has 2 heterocycles. The molecule has 1 aromatic carbocycles. The van der Waals surface area contributed by atoms with Crippen LogP contribution in [0.1, 0.15) is 31.6 Å². The van der Waals surface area contributed by atoms with Crippen molar-refractivity contribution in [2.45, 2.75) is 38.8 Å². The van der Waals surface area contributed by atoms with Crippen LogP contribution in [0.3, 0.4) is 0 Å². The van der Waals surface area contributed by atoms with Crippen LogP contribution in [0.4, 0.5) is 8.78 Å². The van der Waals surface area contributed by atoms with Gasteiger partial charge in [0.1, 0.15) is 0 Å². The van der Waals surface area contributed by atoms with Gasteiger partial charge in [-0.3, -0.25) is 4.90 Å². The quantitative estimate of drug-likeness (QED) is 0.789. The maximum atomic E-state index is 12.4. The first-order chi connectivity index (χ1) is 12.2. The van der Waals surface area contributed by atoms with Gasteiger partial charge in [-0.2, -0.15) is 13.8 Å². The number of likely N-dealkylation sites (tertiary alicyclic amines) is 1. The third-order valence-electron chi connectivity index (χ3n) is 4.16. The molecule has 136 valence electrons. The van der Waals surface area contributed by atoms with Gasteiger partial charge in [-0.15, -0.1) is 0 Å². The summed E-state index contributed by atoms with van der Waals surface area (Å²) in [5, 5.41) is 3.98. The molecule has 0 aliphatic carbocycles. The van der Waals surface area contributed by atoms with Gasteiger partial charge in [-0.05, 0) is 44.1 Å². The van der Waals surface area contributed by atoms with Gasteiger partial charge in [0, 0.05) is 5.56 Å². The molecule has 0 saturated carbocycles. The van der Waals surface area contributed by atoms with E-state index >= 15 is 0 Å². The summed E-state index contributed by atoms with van der Waals surface area (Å²) in [5.74, 6) is 1.10. The van der Waals surface area contributed by atoms with Crippen LogP contribution in [0, 0.1) is 0 Å². The van der Waals surface area contributed by atoms with Crippen molar-refractivity contribution >= 4 is 0 Å². The Bertz CT molecular complexity index is 686. The SMILES string of the molecule is COc1cc(-c2noc(CN3CCCCCC3)n2)ccc1OC(F)F. The van der Waals surface area contributed by atoms with Gasteiger partial charge in [0.05, 0.1) is 13.7 Å². The molecule has 0 amide bonds. The van der Waals surface area contributed by atoms with Crippen LogP contribution >= 0.6 is 0 Å². The highest BCUT2D eigenvalue weighted by Gasteiger charge is 2.17. The summed E-state index contributed by atoms with van der Waals surface area (Å²) >= 11 is 0. The van der Waals surface area contributed by atoms with Crippen molar-refractivity contribution in [3.05, 3.63) is 24.1 Å². The Balaban J connectivity index is 1.72. The highest BCUT2D eigenvalue weighted by atomic mass is 19.3. The molecule has 2 aromatic rings. The first-order valence-corrected chi connectivity index (χ1v) is 8.34. The standard InChI is InChI=1S/C17H21F2N3O3/c1-23-14-10-12(6-7-13(14)24-17(18)19)16-20-15(25-21-16)11-22-8-4-2-3-5-9-22/h6-7,10,17H,2-5,8-9,11H2,1H3. The second-order valence-electron chi connectivity index (χ2n) is 5.95. The second-order valence-corrected chi connectivity index (χ2v) is 5.95. The molecule has 0 unspecified atom stereocenters. The molecule has 25 heavy (non-hydrogen) atoms. The van der Waals surface area contributed by atoms with Gasteiger partial charge >= 0.3 is 6.61 Å². The number of nitrogens with zero attached hydrogens (tertiary/aromatic N) is 3. The summed E-state index contributed by atoms with van der Waals surface area (Å²) in [5.41, 5.74) is 0.615. The molecule has 1 aliphatic rings. The number of aromatic nitrogens is 2. The summed E-state index contributed by atoms with van der Waals surface area (Å²) < 4.78 is 39.6. The van der Waals surface area contributed by atoms with Gasteiger partial charge in [0.25, 0.3) is 0 Å². The molecule has 8 heteroatoms. The van der Waals surface area contributed by atoms with E-state index in [-0.39, 0.29) is 11.5 Å². The van der Waals surface area contributed by atoms with Crippen LogP contribution in [0.2, 0.25) is 0 Å². The highest BCUT2D eigenvalue weighted by molar-refractivity contribution is 5.60. The Morgan fingerprint density at radius 2 is 1.92 bits per heavy atom. The van der Waals surface area contributed by atoms with E-state index in [9.17, 15) is 8.78 Å². The van der Waals surface area contributed by atoms with Gasteiger partial charge in [-0.25, -0.2) is 0 Å². The maximum Gasteiger partial charge on any atom is 0.387 e. The third-order valence-corrected chi connectivity index (χ3v) is 4.16. The van der Waals surface area contributed by atoms with Crippen molar-refractivity contribution in [1.29, 1.82) is 0 Å². The number of alkyl halides is 2. The summed E-state index contributed by atoms with van der Waals surface area (Å²) in [6.45, 7) is -0.224. The number of ether oxygens (including phenoxy) is 2. The van der Waals surface area contributed by atoms with E-state index in [2.05, 4.69) is 19.8 Å². The minimum absolute atomic E-state index is 0.0328. The topological polar surface area (TPSA) is 60.6 Å². The second kappa shape index (κ2) is 8.24. The van der Waals surface area contributed by atoms with Crippen LogP contribution in [0.5, 0.6) is 11.5 Å². The minimum atomic E-state index is -2.91. The van der Waals surface area contributed by atoms with Crippen LogP contribution in [-0.2, 0) is 6.54 Å². The zero-order valence-electron chi connectivity index (χ0n) is 14.1. The molecule has 0 N–H and O–H groups in total. The van der Waals surface area contributed by atoms with Crippen molar-refractivity contribution in [1.82, 2.24) is 15.0 Å². The first kappa shape index (κ1) is 17.6. The first-order valence-electron chi connectivity index (χ1n) is 8.34. The molecule has 0 radical (unpaired) electrons. The van der Waals surface area contributed by atoms with Gasteiger partial charge in [0.2, 0.25) is 11.7 Å². The van der Waals surface area contributed by atoms with Crippen LogP contribution in [0.15, 0.2) is 22.7 Å². The molecule has 3 rings (SSSR count). The van der Waals surface area contributed by atoms with Crippen molar-refractivity contribution < 1.29 is 22.8 Å². The summed E-state index contributed by atoms with van der Waals surface area (Å²) in [4.78, 5) is 6.72. The van der Waals surface area contributed by atoms with E-state index in [1.807, 2.05) is 0 Å². The van der Waals surface area contributed by atoms with E-state index in [0.717, 1.165) is 13.1 Å². The molecular formula is C17H21F2N3O3. The zero-order chi connectivity index (χ0) is 17.6. The van der Waals surface area contributed by atoms with Crippen molar-refractivity contribution in [2.75, 3.05) is 20.2 Å². The van der Waals surface area contributed by atoms with Crippen molar-refractivity contribution in [3.8, 4) is 22.9 Å². The van der Waals surface area contributed by atoms with E-state index < -0.39 is 6.61 Å². The molecule has 1 fully saturated rings. The van der Waals surface area contributed by atoms with Crippen molar-refractivity contribution in [3.63, 3.8) is 0 Å². The average molecular weight is 353 g/mol. The van der Waals surface area contributed by atoms with Crippen LogP contribution in [-0.4, -0.2) is 41.9 Å². The maximum absolute atomic E-state index is 12.4. The number of hydrogen-bond donors (Lipinski definition) is 0. The lowest BCUT2D eigenvalue weighted by atomic mass is 10.2. The zero-order valence-corrected chi connectivity index (χ0v) is 14.1. The lowest BCUT2D eigenvalue weighted by Gasteiger charge is -2.16. The average Bonchev–Trinajstić information content (AvgIpc) is 2.90. The Kier molecular flexibility index (Phi) is 5.80. The van der Waals surface area contributed by atoms with E-state index in [4.69, 9.17) is 9.26 Å². The summed E-state index contributed by atoms with van der Waals surface area (Å²) in [7, 11) is 1.39. The molecule has 1 aromatic heterocycles. The summed E-state index contributed by atoms with van der Waals surface area (Å²) in [6, 6.07) is 4.56. The molecule has 6 nitrogen and oxygen atoms in total. The Morgan fingerprint density at radius 3 is 2.60 bits per heavy atom. The third kappa shape index (κ3) is 4.66. The number of benzene rings is 1. The normalized spacial score (nSPS) is 16.0. The molecular weight excluding hydrogens is 332 g/mol. The fourth-order valence-electron chi connectivity index (χ4n) is 2.92. The van der Waals surface area contributed by atoms with Gasteiger partial charge in [-0.1, -0.05) is 18.0 Å². The van der Waals surface area contributed by atoms with Crippen molar-refractivity contribution in [2.24, 2.45) is 0 Å². The van der Waals surface area contributed by atoms with Gasteiger partial charge < -0.3 is 14.0 Å². The lowest BCUT2D eigenvalue weighted by molar-refractivity contribution is -0.0512. The fraction of sp³-hybridized carbons (Fsp3) is 0.529. The smallest absolute Gasteiger partial charge is 0.387 e. The number of methoxy groups -OCH3 is 1. The van der Waals surface area contributed by atoms with Crippen LogP contribution < -0.4 is 9.47 Å². The number of halogens is 2. The number of hydrogen-bond acceptors (Lipinski definition) is 6. The Labute approximate surface area is 144 Å². The largest absolute Gasteiger partial charge is 0.493 e. The van der Waals surface area contributed by atoms with Crippen LogP contribution in [0.25, 0.3) is 11.4 Å². The Hall–Kier alpha value is -2.22. The van der Waals surface area contributed by atoms with Gasteiger partial charge in [0.15, 0.2) is 11.5 Å². The number of rotatable bonds is 6. The van der Waals surface area contributed by atoms with E-state index in [1.165, 1.54) is 38.9 Å². The molecule has 1 aliphatic heterocycles. The predicted octanol–water partition coefficient (Wildman–Crippen LogP) is 3.72. The minimum Gasteiger partial charge on any atom is -0.493 e. The monoisotopic (exact) mass is 353 g/mol. The Morgan fingerprint density at radius 1 is 1.16 bits per heavy atom. The molecule has 0 atom stereocenters. The molecule has 0 spiro atoms. The van der Waals surface area contributed by atoms with E-state index in [1.54, 1.807) is 12.1 Å². The highest BCUT2D eigenvalue weighted by Crippen LogP contribution is 2.32. The lowest BCUT2D eigenvalue weighted by Crippen LogP contribution is -2.24. The molecule has 0 bridgehead atoms. The van der Waals surface area contributed by atoms with E-state index in [0.29, 0.717) is 23.8 Å². The molecule has 1 saturated heterocycles. The summed E-state index contributed by atoms with van der Waals surface area (Å²) in [6.07, 6.45) is 4.89. The predicted molar refractivity (Wildman–Crippen MR) is 86.7 cm³/mol. The fourth-order valence-corrected chi connectivity index (χ4v) is 2.92.